The van der Waals surface area contributed by atoms with Gasteiger partial charge in [-0.1, -0.05) is 96.1 Å². The third kappa shape index (κ3) is 3.82. The molecule has 1 heterocycles. The highest BCUT2D eigenvalue weighted by Crippen LogP contribution is 2.42. The lowest BCUT2D eigenvalue weighted by Crippen LogP contribution is -2.49. The van der Waals surface area contributed by atoms with E-state index in [-0.39, 0.29) is 0 Å². The number of hydrogen-bond acceptors (Lipinski definition) is 4. The van der Waals surface area contributed by atoms with Crippen molar-refractivity contribution < 1.29 is 14.6 Å². The number of aliphatic hydroxyl groups excluding tert-OH is 1. The summed E-state index contributed by atoms with van der Waals surface area (Å²) in [5, 5.41) is 14.4. The first kappa shape index (κ1) is 20.1. The van der Waals surface area contributed by atoms with Gasteiger partial charge in [0.2, 0.25) is 0 Å². The van der Waals surface area contributed by atoms with Crippen molar-refractivity contribution in [2.24, 2.45) is 5.11 Å². The van der Waals surface area contributed by atoms with Crippen molar-refractivity contribution >= 4 is 0 Å². The van der Waals surface area contributed by atoms with Gasteiger partial charge in [-0.25, -0.2) is 0 Å². The van der Waals surface area contributed by atoms with E-state index >= 15 is 0 Å². The predicted octanol–water partition coefficient (Wildman–Crippen LogP) is 4.78. The Morgan fingerprint density at radius 3 is 1.77 bits per heavy atom. The highest BCUT2D eigenvalue weighted by Gasteiger charge is 2.44. The van der Waals surface area contributed by atoms with Crippen molar-refractivity contribution in [3.63, 3.8) is 0 Å². The maximum atomic E-state index is 10.8. The molecule has 6 nitrogen and oxygen atoms in total. The van der Waals surface area contributed by atoms with E-state index in [9.17, 15) is 5.11 Å². The molecule has 0 aromatic heterocycles. The molecule has 0 aliphatic carbocycles. The van der Waals surface area contributed by atoms with Crippen molar-refractivity contribution in [1.29, 1.82) is 0 Å². The first-order valence-corrected chi connectivity index (χ1v) is 9.94. The van der Waals surface area contributed by atoms with E-state index in [4.69, 9.17) is 15.0 Å². The van der Waals surface area contributed by atoms with E-state index in [2.05, 4.69) is 10.0 Å². The van der Waals surface area contributed by atoms with Gasteiger partial charge < -0.3 is 14.6 Å². The van der Waals surface area contributed by atoms with Gasteiger partial charge in [0.25, 0.3) is 0 Å². The molecule has 0 amide bonds. The molecule has 1 fully saturated rings. The Balaban J connectivity index is 1.88. The van der Waals surface area contributed by atoms with Crippen LogP contribution in [0, 0.1) is 0 Å². The fourth-order valence-corrected chi connectivity index (χ4v) is 3.99. The average molecular weight is 401 g/mol. The second kappa shape index (κ2) is 9.11. The first-order valence-electron chi connectivity index (χ1n) is 9.94. The molecule has 1 saturated heterocycles. The van der Waals surface area contributed by atoms with Gasteiger partial charge in [-0.2, -0.15) is 0 Å². The zero-order chi connectivity index (χ0) is 20.8. The number of rotatable bonds is 6. The molecular weight excluding hydrogens is 378 g/mol. The largest absolute Gasteiger partial charge is 0.388 e. The molecule has 152 valence electrons. The van der Waals surface area contributed by atoms with Gasteiger partial charge in [0.1, 0.15) is 11.7 Å². The lowest BCUT2D eigenvalue weighted by molar-refractivity contribution is -0.180. The zero-order valence-electron chi connectivity index (χ0n) is 16.4. The minimum absolute atomic E-state index is 0.333. The number of benzene rings is 3. The van der Waals surface area contributed by atoms with Crippen LogP contribution in [0.5, 0.6) is 0 Å². The van der Waals surface area contributed by atoms with Gasteiger partial charge in [0.05, 0.1) is 6.10 Å². The number of hydrogen-bond donors (Lipinski definition) is 1. The number of ether oxygens (including phenoxy) is 2. The van der Waals surface area contributed by atoms with Crippen molar-refractivity contribution in [2.45, 2.75) is 30.5 Å². The van der Waals surface area contributed by atoms with Crippen LogP contribution in [0.25, 0.3) is 10.4 Å². The molecule has 1 aliphatic heterocycles. The third-order valence-electron chi connectivity index (χ3n) is 5.40. The Bertz CT molecular complexity index is 895. The molecule has 3 aromatic rings. The van der Waals surface area contributed by atoms with Crippen LogP contribution >= 0.6 is 0 Å². The molecule has 0 bridgehead atoms. The van der Waals surface area contributed by atoms with Gasteiger partial charge in [-0.15, -0.1) is 0 Å². The molecule has 3 aromatic carbocycles. The van der Waals surface area contributed by atoms with Crippen LogP contribution in [-0.2, 0) is 15.1 Å². The van der Waals surface area contributed by atoms with Crippen LogP contribution < -0.4 is 0 Å². The van der Waals surface area contributed by atoms with Gasteiger partial charge in [-0.05, 0) is 28.6 Å². The average Bonchev–Trinajstić information content (AvgIpc) is 2.82. The van der Waals surface area contributed by atoms with E-state index in [1.165, 1.54) is 0 Å². The van der Waals surface area contributed by atoms with Crippen LogP contribution in [0.15, 0.2) is 96.1 Å². The Labute approximate surface area is 175 Å². The Morgan fingerprint density at radius 2 is 1.33 bits per heavy atom. The van der Waals surface area contributed by atoms with Crippen molar-refractivity contribution in [3.8, 4) is 0 Å². The summed E-state index contributed by atoms with van der Waals surface area (Å²) in [4.78, 5) is 2.80. The standard InChI is InChI=1S/C24H23N3O3/c25-27-26-23-22(28)21(16-17-29-23)30-24(18-10-4-1-5-11-18,19-12-6-2-7-13-19)20-14-8-3-9-15-20/h1-15,21-23,28H,16-17H2/t21-,22-,23+/m0/s1. The Hall–Kier alpha value is -3.15. The van der Waals surface area contributed by atoms with Crippen molar-refractivity contribution in [3.05, 3.63) is 118 Å². The second-order valence-electron chi connectivity index (χ2n) is 7.18. The number of azide groups is 1. The molecule has 30 heavy (non-hydrogen) atoms. The van der Waals surface area contributed by atoms with E-state index in [1.54, 1.807) is 0 Å². The Morgan fingerprint density at radius 1 is 0.867 bits per heavy atom. The summed E-state index contributed by atoms with van der Waals surface area (Å²) in [6.45, 7) is 0.333. The minimum Gasteiger partial charge on any atom is -0.388 e. The molecule has 1 N–H and O–H groups in total. The topological polar surface area (TPSA) is 87.5 Å². The molecule has 0 spiro atoms. The van der Waals surface area contributed by atoms with Gasteiger partial charge in [0.15, 0.2) is 6.23 Å². The molecular formula is C24H23N3O3. The highest BCUT2D eigenvalue weighted by atomic mass is 16.6. The quantitative estimate of drug-likeness (QED) is 0.279. The van der Waals surface area contributed by atoms with Crippen molar-refractivity contribution in [1.82, 2.24) is 0 Å². The third-order valence-corrected chi connectivity index (χ3v) is 5.40. The minimum atomic E-state index is -1.08. The van der Waals surface area contributed by atoms with Crippen LogP contribution in [0.3, 0.4) is 0 Å². The fourth-order valence-electron chi connectivity index (χ4n) is 3.99. The van der Waals surface area contributed by atoms with Crippen LogP contribution in [0.2, 0.25) is 0 Å². The lowest BCUT2D eigenvalue weighted by Gasteiger charge is -2.42. The zero-order valence-corrected chi connectivity index (χ0v) is 16.4. The summed E-state index contributed by atoms with van der Waals surface area (Å²) in [5.74, 6) is 0. The summed E-state index contributed by atoms with van der Waals surface area (Å²) >= 11 is 0. The summed E-state index contributed by atoms with van der Waals surface area (Å²) in [6, 6.07) is 29.9. The summed E-state index contributed by atoms with van der Waals surface area (Å²) in [5.41, 5.74) is 10.7. The highest BCUT2D eigenvalue weighted by molar-refractivity contribution is 5.47. The van der Waals surface area contributed by atoms with Crippen LogP contribution in [-0.4, -0.2) is 30.1 Å². The maximum Gasteiger partial charge on any atom is 0.164 e. The van der Waals surface area contributed by atoms with E-state index in [0.29, 0.717) is 13.0 Å². The van der Waals surface area contributed by atoms with Crippen molar-refractivity contribution in [2.75, 3.05) is 6.61 Å². The number of aliphatic hydroxyl groups is 1. The SMILES string of the molecule is [N-]=[N+]=N[C@@H]1OCC[C@H](OC(c2ccccc2)(c2ccccc2)c2ccccc2)[C@@H]1O. The van der Waals surface area contributed by atoms with Crippen LogP contribution in [0.1, 0.15) is 23.1 Å². The first-order chi connectivity index (χ1) is 14.8. The fraction of sp³-hybridized carbons (Fsp3) is 0.250. The normalized spacial score (nSPS) is 21.6. The van der Waals surface area contributed by atoms with Gasteiger partial charge >= 0.3 is 0 Å². The summed E-state index contributed by atoms with van der Waals surface area (Å²) in [6.07, 6.45) is -2.17. The van der Waals surface area contributed by atoms with E-state index in [1.807, 2.05) is 91.0 Å². The molecule has 6 heteroatoms. The molecule has 1 aliphatic rings. The summed E-state index contributed by atoms with van der Waals surface area (Å²) < 4.78 is 12.3. The maximum absolute atomic E-state index is 10.8. The molecule has 3 atom stereocenters. The predicted molar refractivity (Wildman–Crippen MR) is 114 cm³/mol. The Kier molecular flexibility index (Phi) is 6.12. The number of nitrogens with zero attached hydrogens (tertiary/aromatic N) is 3. The second-order valence-corrected chi connectivity index (χ2v) is 7.18. The monoisotopic (exact) mass is 401 g/mol. The van der Waals surface area contributed by atoms with Gasteiger partial charge in [0, 0.05) is 11.5 Å². The van der Waals surface area contributed by atoms with Crippen LogP contribution in [0.4, 0.5) is 0 Å². The molecule has 0 radical (unpaired) electrons. The van der Waals surface area contributed by atoms with E-state index < -0.39 is 24.0 Å². The lowest BCUT2D eigenvalue weighted by atomic mass is 9.79. The van der Waals surface area contributed by atoms with Gasteiger partial charge in [-0.3, -0.25) is 0 Å². The molecule has 0 unspecified atom stereocenters. The molecule has 4 rings (SSSR count). The molecule has 0 saturated carbocycles. The van der Waals surface area contributed by atoms with E-state index in [0.717, 1.165) is 16.7 Å². The summed E-state index contributed by atoms with van der Waals surface area (Å²) in [7, 11) is 0. The smallest absolute Gasteiger partial charge is 0.164 e.